The van der Waals surface area contributed by atoms with E-state index < -0.39 is 0 Å². The van der Waals surface area contributed by atoms with Gasteiger partial charge in [-0.15, -0.1) is 0 Å². The maximum absolute atomic E-state index is 12.2. The van der Waals surface area contributed by atoms with E-state index in [2.05, 4.69) is 27.2 Å². The largest absolute Gasteiger partial charge is 0.323 e. The van der Waals surface area contributed by atoms with E-state index in [9.17, 15) is 4.79 Å². The van der Waals surface area contributed by atoms with E-state index in [1.165, 1.54) is 18.4 Å². The van der Waals surface area contributed by atoms with Gasteiger partial charge in [0.05, 0.1) is 11.9 Å². The summed E-state index contributed by atoms with van der Waals surface area (Å²) >= 11 is 1.70. The second-order valence-corrected chi connectivity index (χ2v) is 6.67. The van der Waals surface area contributed by atoms with Crippen LogP contribution in [0.15, 0.2) is 29.2 Å². The monoisotopic (exact) mass is 287 g/mol. The summed E-state index contributed by atoms with van der Waals surface area (Å²) < 4.78 is 1.94. The van der Waals surface area contributed by atoms with E-state index >= 15 is 0 Å². The number of thiophene rings is 1. The van der Waals surface area contributed by atoms with E-state index in [0.717, 1.165) is 24.6 Å². The van der Waals surface area contributed by atoms with Crippen molar-refractivity contribution in [1.29, 1.82) is 0 Å². The molecule has 2 aliphatic carbocycles. The maximum atomic E-state index is 12.2. The van der Waals surface area contributed by atoms with Crippen LogP contribution in [0.3, 0.4) is 0 Å². The van der Waals surface area contributed by atoms with Gasteiger partial charge >= 0.3 is 0 Å². The molecular weight excluding hydrogens is 270 g/mol. The SMILES string of the molecule is O=C(Nc1cnn(CC2CC2)c1)[C@@H]1C[C@H]1c1ccsc1. The van der Waals surface area contributed by atoms with Crippen LogP contribution in [0.1, 0.15) is 30.7 Å². The minimum Gasteiger partial charge on any atom is -0.323 e. The minimum atomic E-state index is 0.132. The molecule has 0 bridgehead atoms. The molecule has 0 spiro atoms. The quantitative estimate of drug-likeness (QED) is 0.918. The molecule has 2 aromatic rings. The summed E-state index contributed by atoms with van der Waals surface area (Å²) in [6, 6.07) is 2.12. The first-order chi connectivity index (χ1) is 9.79. The van der Waals surface area contributed by atoms with Crippen molar-refractivity contribution in [2.45, 2.75) is 31.7 Å². The van der Waals surface area contributed by atoms with Gasteiger partial charge in [0, 0.05) is 18.7 Å². The zero-order valence-corrected chi connectivity index (χ0v) is 12.0. The van der Waals surface area contributed by atoms with E-state index in [-0.39, 0.29) is 11.8 Å². The molecule has 4 nitrogen and oxygen atoms in total. The van der Waals surface area contributed by atoms with Crippen molar-refractivity contribution in [3.8, 4) is 0 Å². The van der Waals surface area contributed by atoms with E-state index in [4.69, 9.17) is 0 Å². The Hall–Kier alpha value is -1.62. The van der Waals surface area contributed by atoms with Gasteiger partial charge in [-0.25, -0.2) is 0 Å². The Balaban J connectivity index is 1.34. The molecule has 2 fully saturated rings. The first kappa shape index (κ1) is 12.1. The maximum Gasteiger partial charge on any atom is 0.228 e. The minimum absolute atomic E-state index is 0.132. The lowest BCUT2D eigenvalue weighted by atomic mass is 10.2. The highest BCUT2D eigenvalue weighted by Gasteiger charge is 2.44. The highest BCUT2D eigenvalue weighted by atomic mass is 32.1. The van der Waals surface area contributed by atoms with Gasteiger partial charge in [-0.2, -0.15) is 16.4 Å². The highest BCUT2D eigenvalue weighted by Crippen LogP contribution is 2.48. The Bertz CT molecular complexity index is 615. The fraction of sp³-hybridized carbons (Fsp3) is 0.467. The number of hydrogen-bond acceptors (Lipinski definition) is 3. The molecule has 0 aliphatic heterocycles. The summed E-state index contributed by atoms with van der Waals surface area (Å²) in [5, 5.41) is 11.5. The van der Waals surface area contributed by atoms with E-state index in [1.807, 2.05) is 10.9 Å². The molecule has 4 rings (SSSR count). The van der Waals surface area contributed by atoms with Crippen molar-refractivity contribution < 1.29 is 4.79 Å². The van der Waals surface area contributed by atoms with E-state index in [1.54, 1.807) is 17.5 Å². The Morgan fingerprint density at radius 3 is 3.15 bits per heavy atom. The fourth-order valence-electron chi connectivity index (χ4n) is 2.67. The van der Waals surface area contributed by atoms with Crippen LogP contribution in [0, 0.1) is 11.8 Å². The zero-order valence-electron chi connectivity index (χ0n) is 11.2. The van der Waals surface area contributed by atoms with Crippen LogP contribution < -0.4 is 5.32 Å². The third kappa shape index (κ3) is 2.50. The van der Waals surface area contributed by atoms with Gasteiger partial charge in [-0.05, 0) is 53.5 Å². The third-order valence-corrected chi connectivity index (χ3v) is 4.84. The molecule has 20 heavy (non-hydrogen) atoms. The number of hydrogen-bond donors (Lipinski definition) is 1. The number of rotatable bonds is 5. The van der Waals surface area contributed by atoms with Crippen LogP contribution in [0.25, 0.3) is 0 Å². The van der Waals surface area contributed by atoms with Crippen LogP contribution in [0.5, 0.6) is 0 Å². The fourth-order valence-corrected chi connectivity index (χ4v) is 3.39. The molecule has 0 radical (unpaired) electrons. The first-order valence-corrected chi connectivity index (χ1v) is 8.09. The number of amides is 1. The molecule has 2 atom stereocenters. The topological polar surface area (TPSA) is 46.9 Å². The summed E-state index contributed by atoms with van der Waals surface area (Å²) in [5.41, 5.74) is 2.13. The number of nitrogens with zero attached hydrogens (tertiary/aromatic N) is 2. The van der Waals surface area contributed by atoms with Crippen molar-refractivity contribution in [3.63, 3.8) is 0 Å². The summed E-state index contributed by atoms with van der Waals surface area (Å²) in [4.78, 5) is 12.2. The van der Waals surface area contributed by atoms with E-state index in [0.29, 0.717) is 5.92 Å². The normalized spacial score (nSPS) is 24.6. The van der Waals surface area contributed by atoms with Gasteiger partial charge in [0.2, 0.25) is 5.91 Å². The van der Waals surface area contributed by atoms with Crippen LogP contribution in [-0.4, -0.2) is 15.7 Å². The van der Waals surface area contributed by atoms with Gasteiger partial charge in [0.1, 0.15) is 0 Å². The number of carbonyl (C=O) groups excluding carboxylic acids is 1. The van der Waals surface area contributed by atoms with Crippen LogP contribution in [0.2, 0.25) is 0 Å². The lowest BCUT2D eigenvalue weighted by Crippen LogP contribution is -2.14. The van der Waals surface area contributed by atoms with Crippen molar-refractivity contribution in [2.75, 3.05) is 5.32 Å². The lowest BCUT2D eigenvalue weighted by molar-refractivity contribution is -0.117. The number of anilines is 1. The van der Waals surface area contributed by atoms with Gasteiger partial charge < -0.3 is 5.32 Å². The Kier molecular flexibility index (Phi) is 2.88. The molecule has 2 saturated carbocycles. The lowest BCUT2D eigenvalue weighted by Gasteiger charge is -2.01. The Morgan fingerprint density at radius 2 is 2.40 bits per heavy atom. The van der Waals surface area contributed by atoms with Crippen molar-refractivity contribution in [3.05, 3.63) is 34.8 Å². The Labute approximate surface area is 121 Å². The number of aromatic nitrogens is 2. The first-order valence-electron chi connectivity index (χ1n) is 7.15. The standard InChI is InChI=1S/C15H17N3OS/c19-15(14-5-13(14)11-3-4-20-9-11)17-12-6-16-18(8-12)7-10-1-2-10/h3-4,6,8-10,13-14H,1-2,5,7H2,(H,17,19)/t13-,14+/m0/s1. The van der Waals surface area contributed by atoms with Crippen LogP contribution >= 0.6 is 11.3 Å². The van der Waals surface area contributed by atoms with Gasteiger partial charge in [0.15, 0.2) is 0 Å². The van der Waals surface area contributed by atoms with Gasteiger partial charge in [0.25, 0.3) is 0 Å². The summed E-state index contributed by atoms with van der Waals surface area (Å²) in [5.74, 6) is 1.48. The summed E-state index contributed by atoms with van der Waals surface area (Å²) in [6.45, 7) is 0.983. The molecule has 2 heterocycles. The second kappa shape index (κ2) is 4.74. The molecule has 1 N–H and O–H groups in total. The average molecular weight is 287 g/mol. The van der Waals surface area contributed by atoms with Crippen molar-refractivity contribution in [1.82, 2.24) is 9.78 Å². The molecule has 0 unspecified atom stereocenters. The average Bonchev–Trinajstić information content (AvgIpc) is 3.32. The van der Waals surface area contributed by atoms with Crippen molar-refractivity contribution >= 4 is 22.9 Å². The molecule has 2 aromatic heterocycles. The predicted molar refractivity (Wildman–Crippen MR) is 78.7 cm³/mol. The molecule has 2 aliphatic rings. The highest BCUT2D eigenvalue weighted by molar-refractivity contribution is 7.08. The molecule has 5 heteroatoms. The molecule has 0 saturated heterocycles. The van der Waals surface area contributed by atoms with Crippen LogP contribution in [0.4, 0.5) is 5.69 Å². The van der Waals surface area contributed by atoms with Gasteiger partial charge in [-0.1, -0.05) is 0 Å². The molecule has 1 amide bonds. The third-order valence-electron chi connectivity index (χ3n) is 4.14. The predicted octanol–water partition coefficient (Wildman–Crippen LogP) is 3.10. The molecular formula is C15H17N3OS. The Morgan fingerprint density at radius 1 is 1.50 bits per heavy atom. The van der Waals surface area contributed by atoms with Crippen LogP contribution in [-0.2, 0) is 11.3 Å². The summed E-state index contributed by atoms with van der Waals surface area (Å²) in [7, 11) is 0. The molecule has 0 aromatic carbocycles. The number of carbonyl (C=O) groups is 1. The second-order valence-electron chi connectivity index (χ2n) is 5.89. The van der Waals surface area contributed by atoms with Crippen molar-refractivity contribution in [2.24, 2.45) is 11.8 Å². The smallest absolute Gasteiger partial charge is 0.228 e. The number of nitrogens with one attached hydrogen (secondary N) is 1. The zero-order chi connectivity index (χ0) is 13.5. The van der Waals surface area contributed by atoms with Gasteiger partial charge in [-0.3, -0.25) is 9.48 Å². The molecule has 104 valence electrons. The summed E-state index contributed by atoms with van der Waals surface area (Å²) in [6.07, 6.45) is 7.29.